The van der Waals surface area contributed by atoms with Gasteiger partial charge in [0.15, 0.2) is 0 Å². The van der Waals surface area contributed by atoms with Crippen molar-refractivity contribution in [3.63, 3.8) is 0 Å². The lowest BCUT2D eigenvalue weighted by molar-refractivity contribution is 0.0101. The predicted molar refractivity (Wildman–Crippen MR) is 68.2 cm³/mol. The summed E-state index contributed by atoms with van der Waals surface area (Å²) in [6, 6.07) is 4.35. The third-order valence-electron chi connectivity index (χ3n) is 3.02. The Hall–Kier alpha value is -0.420. The van der Waals surface area contributed by atoms with Crippen LogP contribution in [-0.2, 0) is 4.74 Å². The van der Waals surface area contributed by atoms with E-state index in [1.165, 1.54) is 4.88 Å². The molecule has 4 heteroatoms. The molecule has 2 rings (SSSR count). The van der Waals surface area contributed by atoms with Crippen LogP contribution >= 0.6 is 11.3 Å². The second-order valence-electron chi connectivity index (χ2n) is 4.13. The molecule has 1 aromatic heterocycles. The van der Waals surface area contributed by atoms with Gasteiger partial charge < -0.3 is 15.4 Å². The van der Waals surface area contributed by atoms with Crippen LogP contribution in [0, 0.1) is 0 Å². The van der Waals surface area contributed by atoms with E-state index in [1.807, 2.05) is 18.4 Å². The van der Waals surface area contributed by atoms with Crippen molar-refractivity contribution in [1.82, 2.24) is 10.6 Å². The normalized spacial score (nSPS) is 23.2. The van der Waals surface area contributed by atoms with Gasteiger partial charge in [-0.2, -0.15) is 0 Å². The standard InChI is InChI=1S/C12H20N2OS/c1-13-5-4-10(12-3-2-8-16-12)11-9-14-6-7-15-11/h2-3,8,10-11,13-14H,4-7,9H2,1H3. The third kappa shape index (κ3) is 3.04. The first-order chi connectivity index (χ1) is 7.92. The highest BCUT2D eigenvalue weighted by atomic mass is 32.1. The highest BCUT2D eigenvalue weighted by molar-refractivity contribution is 7.10. The Kier molecular flexibility index (Phi) is 4.78. The van der Waals surface area contributed by atoms with E-state index >= 15 is 0 Å². The van der Waals surface area contributed by atoms with E-state index in [4.69, 9.17) is 4.74 Å². The monoisotopic (exact) mass is 240 g/mol. The molecular formula is C12H20N2OS. The van der Waals surface area contributed by atoms with Crippen molar-refractivity contribution in [2.24, 2.45) is 0 Å². The van der Waals surface area contributed by atoms with E-state index < -0.39 is 0 Å². The van der Waals surface area contributed by atoms with E-state index in [0.29, 0.717) is 12.0 Å². The molecule has 0 bridgehead atoms. The smallest absolute Gasteiger partial charge is 0.0776 e. The molecule has 1 aromatic rings. The van der Waals surface area contributed by atoms with Gasteiger partial charge in [0.2, 0.25) is 0 Å². The molecule has 0 aromatic carbocycles. The Morgan fingerprint density at radius 2 is 2.62 bits per heavy atom. The summed E-state index contributed by atoms with van der Waals surface area (Å²) in [6.07, 6.45) is 1.48. The summed E-state index contributed by atoms with van der Waals surface area (Å²) in [6.45, 7) is 3.85. The summed E-state index contributed by atoms with van der Waals surface area (Å²) in [4.78, 5) is 1.45. The molecule has 0 saturated carbocycles. The largest absolute Gasteiger partial charge is 0.375 e. The number of morpholine rings is 1. The van der Waals surface area contributed by atoms with Gasteiger partial charge in [0.05, 0.1) is 12.7 Å². The lowest BCUT2D eigenvalue weighted by atomic mass is 9.95. The molecule has 1 aliphatic heterocycles. The first-order valence-corrected chi connectivity index (χ1v) is 6.80. The second-order valence-corrected chi connectivity index (χ2v) is 5.11. The minimum absolute atomic E-state index is 0.334. The molecule has 90 valence electrons. The molecular weight excluding hydrogens is 220 g/mol. The zero-order chi connectivity index (χ0) is 11.2. The van der Waals surface area contributed by atoms with Crippen molar-refractivity contribution < 1.29 is 4.74 Å². The molecule has 2 unspecified atom stereocenters. The van der Waals surface area contributed by atoms with Crippen LogP contribution in [0.2, 0.25) is 0 Å². The van der Waals surface area contributed by atoms with Crippen LogP contribution in [0.1, 0.15) is 17.2 Å². The van der Waals surface area contributed by atoms with E-state index in [0.717, 1.165) is 32.7 Å². The van der Waals surface area contributed by atoms with Gasteiger partial charge in [-0.25, -0.2) is 0 Å². The van der Waals surface area contributed by atoms with Gasteiger partial charge in [0, 0.05) is 23.9 Å². The van der Waals surface area contributed by atoms with E-state index in [9.17, 15) is 0 Å². The van der Waals surface area contributed by atoms with Gasteiger partial charge in [0.25, 0.3) is 0 Å². The van der Waals surface area contributed by atoms with Crippen molar-refractivity contribution in [3.8, 4) is 0 Å². The Morgan fingerprint density at radius 1 is 1.69 bits per heavy atom. The molecule has 1 saturated heterocycles. The van der Waals surface area contributed by atoms with Crippen molar-refractivity contribution in [2.75, 3.05) is 33.3 Å². The molecule has 0 radical (unpaired) electrons. The van der Waals surface area contributed by atoms with Crippen LogP contribution in [0.3, 0.4) is 0 Å². The number of hydrogen-bond donors (Lipinski definition) is 2. The summed E-state index contributed by atoms with van der Waals surface area (Å²) >= 11 is 1.84. The molecule has 1 fully saturated rings. The zero-order valence-electron chi connectivity index (χ0n) is 9.74. The molecule has 0 aliphatic carbocycles. The average Bonchev–Trinajstić information content (AvgIpc) is 2.85. The number of hydrogen-bond acceptors (Lipinski definition) is 4. The van der Waals surface area contributed by atoms with E-state index in [1.54, 1.807) is 0 Å². The van der Waals surface area contributed by atoms with E-state index in [-0.39, 0.29) is 0 Å². The van der Waals surface area contributed by atoms with Gasteiger partial charge >= 0.3 is 0 Å². The summed E-state index contributed by atoms with van der Waals surface area (Å²) in [5.74, 6) is 0.528. The molecule has 16 heavy (non-hydrogen) atoms. The summed E-state index contributed by atoms with van der Waals surface area (Å²) in [5, 5.41) is 8.79. The van der Waals surface area contributed by atoms with Gasteiger partial charge in [-0.05, 0) is 31.5 Å². The summed E-state index contributed by atoms with van der Waals surface area (Å²) < 4.78 is 5.88. The highest BCUT2D eigenvalue weighted by Gasteiger charge is 2.26. The molecule has 0 amide bonds. The maximum atomic E-state index is 5.88. The van der Waals surface area contributed by atoms with Crippen LogP contribution in [0.25, 0.3) is 0 Å². The lowest BCUT2D eigenvalue weighted by Crippen LogP contribution is -2.42. The Bertz CT molecular complexity index is 283. The molecule has 2 heterocycles. The van der Waals surface area contributed by atoms with Crippen LogP contribution in [-0.4, -0.2) is 39.4 Å². The fourth-order valence-corrected chi connectivity index (χ4v) is 3.07. The van der Waals surface area contributed by atoms with Gasteiger partial charge in [0.1, 0.15) is 0 Å². The summed E-state index contributed by atoms with van der Waals surface area (Å²) in [5.41, 5.74) is 0. The Morgan fingerprint density at radius 3 is 3.25 bits per heavy atom. The fraction of sp³-hybridized carbons (Fsp3) is 0.667. The van der Waals surface area contributed by atoms with Crippen LogP contribution in [0.4, 0.5) is 0 Å². The van der Waals surface area contributed by atoms with E-state index in [2.05, 4.69) is 28.1 Å². The van der Waals surface area contributed by atoms with Gasteiger partial charge in [-0.3, -0.25) is 0 Å². The Labute approximate surface area is 101 Å². The third-order valence-corrected chi connectivity index (χ3v) is 4.02. The number of rotatable bonds is 5. The zero-order valence-corrected chi connectivity index (χ0v) is 10.6. The first kappa shape index (κ1) is 12.0. The molecule has 2 atom stereocenters. The minimum Gasteiger partial charge on any atom is -0.375 e. The first-order valence-electron chi connectivity index (χ1n) is 5.92. The fourth-order valence-electron chi connectivity index (χ4n) is 2.16. The number of ether oxygens (including phenoxy) is 1. The topological polar surface area (TPSA) is 33.3 Å². The van der Waals surface area contributed by atoms with Crippen molar-refractivity contribution in [3.05, 3.63) is 22.4 Å². The number of nitrogens with one attached hydrogen (secondary N) is 2. The minimum atomic E-state index is 0.334. The highest BCUT2D eigenvalue weighted by Crippen LogP contribution is 2.29. The molecule has 2 N–H and O–H groups in total. The maximum Gasteiger partial charge on any atom is 0.0776 e. The Balaban J connectivity index is 2.01. The van der Waals surface area contributed by atoms with Crippen molar-refractivity contribution in [1.29, 1.82) is 0 Å². The summed E-state index contributed by atoms with van der Waals surface area (Å²) in [7, 11) is 2.01. The van der Waals surface area contributed by atoms with Crippen LogP contribution < -0.4 is 10.6 Å². The van der Waals surface area contributed by atoms with Crippen molar-refractivity contribution >= 4 is 11.3 Å². The lowest BCUT2D eigenvalue weighted by Gasteiger charge is -2.30. The molecule has 1 aliphatic rings. The van der Waals surface area contributed by atoms with Crippen LogP contribution in [0.5, 0.6) is 0 Å². The van der Waals surface area contributed by atoms with Gasteiger partial charge in [-0.15, -0.1) is 11.3 Å². The predicted octanol–water partition coefficient (Wildman–Crippen LogP) is 1.43. The van der Waals surface area contributed by atoms with Crippen molar-refractivity contribution in [2.45, 2.75) is 18.4 Å². The average molecular weight is 240 g/mol. The van der Waals surface area contributed by atoms with Gasteiger partial charge in [-0.1, -0.05) is 6.07 Å². The second kappa shape index (κ2) is 6.35. The quantitative estimate of drug-likeness (QED) is 0.817. The maximum absolute atomic E-state index is 5.88. The SMILES string of the molecule is CNCCC(c1cccs1)C1CNCCO1. The molecule has 0 spiro atoms. The number of thiophene rings is 1. The molecule has 3 nitrogen and oxygen atoms in total. The van der Waals surface area contributed by atoms with Crippen LogP contribution in [0.15, 0.2) is 17.5 Å².